The molecule has 0 radical (unpaired) electrons. The van der Waals surface area contributed by atoms with Crippen LogP contribution in [0.15, 0.2) is 24.3 Å². The average molecular weight is 431 g/mol. The zero-order valence-corrected chi connectivity index (χ0v) is 18.4. The fourth-order valence-corrected chi connectivity index (χ4v) is 3.35. The number of ether oxygens (including phenoxy) is 5. The van der Waals surface area contributed by atoms with E-state index >= 15 is 0 Å². The van der Waals surface area contributed by atoms with Gasteiger partial charge in [0.05, 0.1) is 33.5 Å². The topological polar surface area (TPSA) is 92.2 Å². The number of likely N-dealkylation sites (tertiary alicyclic amines) is 1. The van der Waals surface area contributed by atoms with Crippen molar-refractivity contribution in [2.24, 2.45) is 0 Å². The maximum absolute atomic E-state index is 13.2. The number of rotatable bonds is 10. The number of methoxy groups -OCH3 is 1. The van der Waals surface area contributed by atoms with Crippen LogP contribution in [0.1, 0.15) is 37.6 Å². The summed E-state index contributed by atoms with van der Waals surface area (Å²) in [6.45, 7) is 8.05. The van der Waals surface area contributed by atoms with Crippen LogP contribution in [-0.4, -0.2) is 67.1 Å². The summed E-state index contributed by atoms with van der Waals surface area (Å²) in [7, 11) is 1.53. The highest BCUT2D eigenvalue weighted by Gasteiger charge is 2.30. The first kappa shape index (κ1) is 22.5. The quantitative estimate of drug-likeness (QED) is 0.567. The molecule has 0 spiro atoms. The van der Waals surface area contributed by atoms with Gasteiger partial charge in [-0.3, -0.25) is 4.79 Å². The van der Waals surface area contributed by atoms with E-state index in [0.29, 0.717) is 73.9 Å². The van der Waals surface area contributed by atoms with Crippen molar-refractivity contribution in [3.8, 4) is 29.0 Å². The fourth-order valence-electron chi connectivity index (χ4n) is 3.35. The number of benzene rings is 1. The zero-order valence-electron chi connectivity index (χ0n) is 18.4. The van der Waals surface area contributed by atoms with E-state index in [1.165, 1.54) is 7.11 Å². The Morgan fingerprint density at radius 2 is 1.61 bits per heavy atom. The summed E-state index contributed by atoms with van der Waals surface area (Å²) in [6, 6.07) is 6.81. The lowest BCUT2D eigenvalue weighted by Crippen LogP contribution is -2.31. The normalized spacial score (nSPS) is 15.5. The molecule has 0 aliphatic carbocycles. The van der Waals surface area contributed by atoms with Crippen molar-refractivity contribution in [3.05, 3.63) is 29.8 Å². The van der Waals surface area contributed by atoms with Gasteiger partial charge < -0.3 is 28.6 Å². The third-order valence-electron chi connectivity index (χ3n) is 4.70. The molecule has 1 aliphatic rings. The predicted octanol–water partition coefficient (Wildman–Crippen LogP) is 2.97. The van der Waals surface area contributed by atoms with Gasteiger partial charge in [-0.15, -0.1) is 10.2 Å². The van der Waals surface area contributed by atoms with Crippen molar-refractivity contribution in [1.29, 1.82) is 0 Å². The molecule has 1 aromatic carbocycles. The van der Waals surface area contributed by atoms with Crippen molar-refractivity contribution in [2.45, 2.75) is 33.3 Å². The summed E-state index contributed by atoms with van der Waals surface area (Å²) in [6.07, 6.45) is 0.541. The van der Waals surface area contributed by atoms with Crippen molar-refractivity contribution >= 4 is 5.91 Å². The van der Waals surface area contributed by atoms with Crippen molar-refractivity contribution in [3.63, 3.8) is 0 Å². The molecule has 0 bridgehead atoms. The van der Waals surface area contributed by atoms with Crippen LogP contribution < -0.4 is 23.7 Å². The molecule has 9 nitrogen and oxygen atoms in total. The highest BCUT2D eigenvalue weighted by Crippen LogP contribution is 2.39. The number of carbonyl (C=O) groups is 1. The molecule has 1 aliphatic heterocycles. The second kappa shape index (κ2) is 10.7. The first-order valence-electron chi connectivity index (χ1n) is 10.5. The summed E-state index contributed by atoms with van der Waals surface area (Å²) >= 11 is 0. The molecule has 1 fully saturated rings. The lowest BCUT2D eigenvalue weighted by Gasteiger charge is -2.20. The van der Waals surface area contributed by atoms with Gasteiger partial charge in [-0.05, 0) is 32.9 Å². The van der Waals surface area contributed by atoms with Crippen molar-refractivity contribution < 1.29 is 28.5 Å². The van der Waals surface area contributed by atoms with Crippen molar-refractivity contribution in [2.75, 3.05) is 40.0 Å². The standard InChI is InChI=1S/C22H29N3O6/c1-5-28-17-12-15(13-18(29-6-2)21(17)30-7-3)22(26)25-11-10-16(14-25)31-20-9-8-19(27-4)23-24-20/h8-9,12-13,16H,5-7,10-11,14H2,1-4H3. The van der Waals surface area contributed by atoms with Crippen LogP contribution in [0.3, 0.4) is 0 Å². The van der Waals surface area contributed by atoms with Gasteiger partial charge in [-0.1, -0.05) is 0 Å². The molecule has 1 atom stereocenters. The van der Waals surface area contributed by atoms with E-state index in [1.54, 1.807) is 29.2 Å². The fraction of sp³-hybridized carbons (Fsp3) is 0.500. The van der Waals surface area contributed by atoms with E-state index < -0.39 is 0 Å². The Morgan fingerprint density at radius 1 is 1.00 bits per heavy atom. The van der Waals surface area contributed by atoms with Crippen LogP contribution in [0.25, 0.3) is 0 Å². The molecule has 1 saturated heterocycles. The van der Waals surface area contributed by atoms with Gasteiger partial charge in [-0.25, -0.2) is 0 Å². The predicted molar refractivity (Wildman–Crippen MR) is 113 cm³/mol. The Balaban J connectivity index is 1.74. The first-order valence-corrected chi connectivity index (χ1v) is 10.5. The van der Waals surface area contributed by atoms with Crippen LogP contribution in [0.5, 0.6) is 29.0 Å². The number of aromatic nitrogens is 2. The lowest BCUT2D eigenvalue weighted by molar-refractivity contribution is 0.0769. The van der Waals surface area contributed by atoms with E-state index in [1.807, 2.05) is 20.8 Å². The lowest BCUT2D eigenvalue weighted by atomic mass is 10.1. The van der Waals surface area contributed by atoms with Gasteiger partial charge in [0.25, 0.3) is 5.91 Å². The minimum Gasteiger partial charge on any atom is -0.490 e. The molecule has 1 amide bonds. The molecule has 9 heteroatoms. The number of nitrogens with zero attached hydrogens (tertiary/aromatic N) is 3. The van der Waals surface area contributed by atoms with E-state index in [-0.39, 0.29) is 12.0 Å². The van der Waals surface area contributed by atoms with Crippen LogP contribution in [0.2, 0.25) is 0 Å². The molecule has 0 saturated carbocycles. The monoisotopic (exact) mass is 431 g/mol. The molecule has 2 heterocycles. The van der Waals surface area contributed by atoms with Gasteiger partial charge in [0.1, 0.15) is 6.10 Å². The van der Waals surface area contributed by atoms with Crippen molar-refractivity contribution in [1.82, 2.24) is 15.1 Å². The second-order valence-electron chi connectivity index (χ2n) is 6.79. The first-order chi connectivity index (χ1) is 15.1. The highest BCUT2D eigenvalue weighted by molar-refractivity contribution is 5.96. The molecule has 1 aromatic heterocycles. The van der Waals surface area contributed by atoms with E-state index in [2.05, 4.69) is 10.2 Å². The van der Waals surface area contributed by atoms with Crippen LogP contribution >= 0.6 is 0 Å². The largest absolute Gasteiger partial charge is 0.490 e. The zero-order chi connectivity index (χ0) is 22.2. The Hall–Kier alpha value is -3.23. The maximum Gasteiger partial charge on any atom is 0.254 e. The smallest absolute Gasteiger partial charge is 0.254 e. The Bertz CT molecular complexity index is 847. The Kier molecular flexibility index (Phi) is 7.75. The summed E-state index contributed by atoms with van der Waals surface area (Å²) in [5, 5.41) is 7.89. The van der Waals surface area contributed by atoms with Crippen LogP contribution in [0, 0.1) is 0 Å². The van der Waals surface area contributed by atoms with Gasteiger partial charge in [-0.2, -0.15) is 0 Å². The molecule has 3 rings (SSSR count). The number of hydrogen-bond donors (Lipinski definition) is 0. The Morgan fingerprint density at radius 3 is 2.16 bits per heavy atom. The minimum absolute atomic E-state index is 0.114. The highest BCUT2D eigenvalue weighted by atomic mass is 16.5. The maximum atomic E-state index is 13.2. The van der Waals surface area contributed by atoms with E-state index in [9.17, 15) is 4.79 Å². The molecular weight excluding hydrogens is 402 g/mol. The summed E-state index contributed by atoms with van der Waals surface area (Å²) in [5.74, 6) is 2.22. The van der Waals surface area contributed by atoms with E-state index in [4.69, 9.17) is 23.7 Å². The van der Waals surface area contributed by atoms with Crippen LogP contribution in [0.4, 0.5) is 0 Å². The molecule has 168 valence electrons. The van der Waals surface area contributed by atoms with Gasteiger partial charge in [0.15, 0.2) is 11.5 Å². The average Bonchev–Trinajstić information content (AvgIpc) is 3.24. The number of carbonyl (C=O) groups excluding carboxylic acids is 1. The summed E-state index contributed by atoms with van der Waals surface area (Å²) in [5.41, 5.74) is 0.486. The minimum atomic E-state index is -0.160. The summed E-state index contributed by atoms with van der Waals surface area (Å²) in [4.78, 5) is 14.9. The molecule has 2 aromatic rings. The third-order valence-corrected chi connectivity index (χ3v) is 4.70. The number of hydrogen-bond acceptors (Lipinski definition) is 8. The van der Waals surface area contributed by atoms with E-state index in [0.717, 1.165) is 0 Å². The molecule has 1 unspecified atom stereocenters. The second-order valence-corrected chi connectivity index (χ2v) is 6.79. The summed E-state index contributed by atoms with van der Waals surface area (Å²) < 4.78 is 28.0. The molecular formula is C22H29N3O6. The Labute approximate surface area is 182 Å². The molecule has 0 N–H and O–H groups in total. The van der Waals surface area contributed by atoms with Gasteiger partial charge in [0.2, 0.25) is 17.5 Å². The van der Waals surface area contributed by atoms with Crippen LogP contribution in [-0.2, 0) is 0 Å². The molecule has 31 heavy (non-hydrogen) atoms. The number of amides is 1. The SMILES string of the molecule is CCOc1cc(C(=O)N2CCC(Oc3ccc(OC)nn3)C2)cc(OCC)c1OCC. The van der Waals surface area contributed by atoms with Gasteiger partial charge in [0, 0.05) is 30.7 Å². The van der Waals surface area contributed by atoms with Gasteiger partial charge >= 0.3 is 0 Å². The third kappa shape index (κ3) is 5.48.